The Morgan fingerprint density at radius 3 is 2.81 bits per heavy atom. The van der Waals surface area contributed by atoms with Gasteiger partial charge in [-0.1, -0.05) is 13.3 Å². The van der Waals surface area contributed by atoms with Crippen LogP contribution in [0.1, 0.15) is 39.0 Å². The number of nitrogens with zero attached hydrogens (tertiary/aromatic N) is 3. The number of nitriles is 1. The van der Waals surface area contributed by atoms with Gasteiger partial charge in [0.1, 0.15) is 0 Å². The predicted octanol–water partition coefficient (Wildman–Crippen LogP) is 2.10. The maximum Gasteiger partial charge on any atom is 0.0865 e. The van der Waals surface area contributed by atoms with Crippen LogP contribution in [0.3, 0.4) is 0 Å². The van der Waals surface area contributed by atoms with Gasteiger partial charge in [0.25, 0.3) is 0 Å². The first-order chi connectivity index (χ1) is 7.77. The van der Waals surface area contributed by atoms with E-state index in [1.54, 1.807) is 0 Å². The first-order valence-corrected chi connectivity index (χ1v) is 6.57. The van der Waals surface area contributed by atoms with Crippen molar-refractivity contribution in [2.45, 2.75) is 45.1 Å². The van der Waals surface area contributed by atoms with E-state index in [-0.39, 0.29) is 0 Å². The molecule has 1 atom stereocenters. The van der Waals surface area contributed by atoms with Crippen molar-refractivity contribution < 1.29 is 0 Å². The molecule has 1 aliphatic heterocycles. The summed E-state index contributed by atoms with van der Waals surface area (Å²) in [6.07, 6.45) is 6.42. The van der Waals surface area contributed by atoms with Crippen LogP contribution in [0.4, 0.5) is 0 Å². The summed E-state index contributed by atoms with van der Waals surface area (Å²) < 4.78 is 0. The molecule has 0 bridgehead atoms. The molecule has 0 aromatic carbocycles. The van der Waals surface area contributed by atoms with Gasteiger partial charge in [0.2, 0.25) is 0 Å². The third kappa shape index (κ3) is 4.51. The molecule has 1 heterocycles. The van der Waals surface area contributed by atoms with Gasteiger partial charge in [-0.2, -0.15) is 5.26 Å². The van der Waals surface area contributed by atoms with Crippen molar-refractivity contribution in [3.05, 3.63) is 0 Å². The van der Waals surface area contributed by atoms with E-state index >= 15 is 0 Å². The molecule has 16 heavy (non-hydrogen) atoms. The highest BCUT2D eigenvalue weighted by atomic mass is 15.2. The van der Waals surface area contributed by atoms with Gasteiger partial charge in [0.05, 0.1) is 12.6 Å². The molecule has 1 fully saturated rings. The summed E-state index contributed by atoms with van der Waals surface area (Å²) in [4.78, 5) is 4.77. The molecule has 3 heteroatoms. The minimum absolute atomic E-state index is 0.588. The lowest BCUT2D eigenvalue weighted by molar-refractivity contribution is 0.157. The van der Waals surface area contributed by atoms with Crippen molar-refractivity contribution in [2.24, 2.45) is 0 Å². The summed E-state index contributed by atoms with van der Waals surface area (Å²) in [6, 6.07) is 3.01. The summed E-state index contributed by atoms with van der Waals surface area (Å²) in [5, 5.41) is 8.75. The number of piperidine rings is 1. The number of rotatable bonds is 6. The first kappa shape index (κ1) is 13.5. The maximum atomic E-state index is 8.75. The Morgan fingerprint density at radius 1 is 1.38 bits per heavy atom. The van der Waals surface area contributed by atoms with Crippen LogP contribution in [0.2, 0.25) is 0 Å². The van der Waals surface area contributed by atoms with E-state index in [0.29, 0.717) is 6.54 Å². The molecule has 1 unspecified atom stereocenters. The van der Waals surface area contributed by atoms with Gasteiger partial charge in [0.15, 0.2) is 0 Å². The van der Waals surface area contributed by atoms with Crippen LogP contribution in [-0.2, 0) is 0 Å². The average molecular weight is 223 g/mol. The largest absolute Gasteiger partial charge is 0.303 e. The first-order valence-electron chi connectivity index (χ1n) is 6.57. The van der Waals surface area contributed by atoms with Crippen molar-refractivity contribution in [2.75, 3.05) is 33.2 Å². The van der Waals surface area contributed by atoms with E-state index in [1.165, 1.54) is 32.2 Å². The van der Waals surface area contributed by atoms with Crippen molar-refractivity contribution in [1.82, 2.24) is 9.80 Å². The molecule has 0 aromatic heterocycles. The molecule has 0 aromatic rings. The lowest BCUT2D eigenvalue weighted by Gasteiger charge is -2.33. The molecule has 0 radical (unpaired) electrons. The van der Waals surface area contributed by atoms with Crippen LogP contribution < -0.4 is 0 Å². The minimum atomic E-state index is 0.588. The summed E-state index contributed by atoms with van der Waals surface area (Å²) in [5.74, 6) is 0. The molecule has 1 saturated heterocycles. The summed E-state index contributed by atoms with van der Waals surface area (Å²) in [7, 11) is 2.23. The van der Waals surface area contributed by atoms with Crippen LogP contribution in [-0.4, -0.2) is 49.1 Å². The monoisotopic (exact) mass is 223 g/mol. The van der Waals surface area contributed by atoms with Crippen LogP contribution in [0.25, 0.3) is 0 Å². The van der Waals surface area contributed by atoms with E-state index in [1.807, 2.05) is 0 Å². The van der Waals surface area contributed by atoms with E-state index in [0.717, 1.165) is 25.6 Å². The molecule has 0 saturated carbocycles. The second kappa shape index (κ2) is 7.65. The highest BCUT2D eigenvalue weighted by Gasteiger charge is 2.19. The van der Waals surface area contributed by atoms with Gasteiger partial charge in [-0.15, -0.1) is 0 Å². The summed E-state index contributed by atoms with van der Waals surface area (Å²) in [6.45, 7) is 6.15. The molecule has 1 aliphatic rings. The quantitative estimate of drug-likeness (QED) is 0.646. The van der Waals surface area contributed by atoms with E-state index in [2.05, 4.69) is 29.8 Å². The van der Waals surface area contributed by atoms with Crippen LogP contribution in [0, 0.1) is 11.3 Å². The van der Waals surface area contributed by atoms with Gasteiger partial charge in [-0.25, -0.2) is 0 Å². The van der Waals surface area contributed by atoms with Gasteiger partial charge in [-0.05, 0) is 45.8 Å². The predicted molar refractivity (Wildman–Crippen MR) is 67.2 cm³/mol. The fraction of sp³-hybridized carbons (Fsp3) is 0.923. The van der Waals surface area contributed by atoms with Gasteiger partial charge in [0, 0.05) is 12.6 Å². The second-order valence-corrected chi connectivity index (χ2v) is 4.85. The Labute approximate surface area is 100 Å². The Kier molecular flexibility index (Phi) is 6.44. The Bertz CT molecular complexity index is 222. The van der Waals surface area contributed by atoms with Crippen LogP contribution >= 0.6 is 0 Å². The van der Waals surface area contributed by atoms with Crippen molar-refractivity contribution in [3.8, 4) is 6.07 Å². The highest BCUT2D eigenvalue weighted by Crippen LogP contribution is 2.17. The standard InChI is InChI=1S/C13H25N3/c1-3-9-16(12-8-14)11-7-13-6-4-5-10-15(13)2/h13H,3-7,9-12H2,1-2H3. The SMILES string of the molecule is CCCN(CC#N)CCC1CCCCN1C. The Balaban J connectivity index is 2.27. The molecular weight excluding hydrogens is 198 g/mol. The number of likely N-dealkylation sites (tertiary alicyclic amines) is 1. The van der Waals surface area contributed by atoms with E-state index in [9.17, 15) is 0 Å². The van der Waals surface area contributed by atoms with Gasteiger partial charge < -0.3 is 4.90 Å². The molecule has 1 rings (SSSR count). The summed E-state index contributed by atoms with van der Waals surface area (Å²) >= 11 is 0. The normalized spacial score (nSPS) is 22.2. The zero-order valence-electron chi connectivity index (χ0n) is 10.8. The van der Waals surface area contributed by atoms with Gasteiger partial charge >= 0.3 is 0 Å². The molecular formula is C13H25N3. The molecule has 0 N–H and O–H groups in total. The lowest BCUT2D eigenvalue weighted by Crippen LogP contribution is -2.39. The van der Waals surface area contributed by atoms with Crippen molar-refractivity contribution in [1.29, 1.82) is 5.26 Å². The zero-order chi connectivity index (χ0) is 11.8. The molecule has 0 spiro atoms. The fourth-order valence-corrected chi connectivity index (χ4v) is 2.53. The van der Waals surface area contributed by atoms with E-state index < -0.39 is 0 Å². The second-order valence-electron chi connectivity index (χ2n) is 4.85. The highest BCUT2D eigenvalue weighted by molar-refractivity contribution is 4.79. The van der Waals surface area contributed by atoms with E-state index in [4.69, 9.17) is 5.26 Å². The Morgan fingerprint density at radius 2 is 2.19 bits per heavy atom. The lowest BCUT2D eigenvalue weighted by atomic mass is 10.00. The molecule has 92 valence electrons. The van der Waals surface area contributed by atoms with Gasteiger partial charge in [-0.3, -0.25) is 4.90 Å². The third-order valence-electron chi connectivity index (χ3n) is 3.53. The number of hydrogen-bond acceptors (Lipinski definition) is 3. The number of hydrogen-bond donors (Lipinski definition) is 0. The molecule has 0 aliphatic carbocycles. The topological polar surface area (TPSA) is 30.3 Å². The van der Waals surface area contributed by atoms with Crippen molar-refractivity contribution in [3.63, 3.8) is 0 Å². The maximum absolute atomic E-state index is 8.75. The average Bonchev–Trinajstić information content (AvgIpc) is 2.28. The Hall–Kier alpha value is -0.590. The van der Waals surface area contributed by atoms with Crippen LogP contribution in [0.5, 0.6) is 0 Å². The molecule has 0 amide bonds. The van der Waals surface area contributed by atoms with Crippen LogP contribution in [0.15, 0.2) is 0 Å². The molecule has 3 nitrogen and oxygen atoms in total. The zero-order valence-corrected chi connectivity index (χ0v) is 10.8. The summed E-state index contributed by atoms with van der Waals surface area (Å²) in [5.41, 5.74) is 0. The minimum Gasteiger partial charge on any atom is -0.303 e. The third-order valence-corrected chi connectivity index (χ3v) is 3.53. The van der Waals surface area contributed by atoms with Crippen molar-refractivity contribution >= 4 is 0 Å². The smallest absolute Gasteiger partial charge is 0.0865 e. The fourth-order valence-electron chi connectivity index (χ4n) is 2.53.